The number of benzene rings is 1. The summed E-state index contributed by atoms with van der Waals surface area (Å²) in [7, 11) is 0. The van der Waals surface area contributed by atoms with Crippen LogP contribution in [0, 0.1) is 0 Å². The van der Waals surface area contributed by atoms with Gasteiger partial charge < -0.3 is 4.42 Å². The Morgan fingerprint density at radius 2 is 1.88 bits per heavy atom. The van der Waals surface area contributed by atoms with E-state index in [2.05, 4.69) is 53.2 Å². The van der Waals surface area contributed by atoms with Crippen LogP contribution in [-0.4, -0.2) is 28.2 Å². The molecule has 1 aliphatic heterocycles. The SMILES string of the molecule is CC(C)c1ccc(CN2CCC(c3nnc(-c4cccs4)o3)CC2)cc1. The molecule has 4 nitrogen and oxygen atoms in total. The number of piperidine rings is 1. The van der Waals surface area contributed by atoms with Crippen LogP contribution < -0.4 is 0 Å². The molecule has 136 valence electrons. The molecule has 1 aromatic carbocycles. The molecule has 0 saturated carbocycles. The zero-order valence-electron chi connectivity index (χ0n) is 15.4. The van der Waals surface area contributed by atoms with E-state index in [-0.39, 0.29) is 0 Å². The van der Waals surface area contributed by atoms with Gasteiger partial charge in [-0.2, -0.15) is 0 Å². The van der Waals surface area contributed by atoms with Crippen LogP contribution >= 0.6 is 11.3 Å². The Morgan fingerprint density at radius 3 is 2.54 bits per heavy atom. The molecule has 26 heavy (non-hydrogen) atoms. The van der Waals surface area contributed by atoms with Crippen molar-refractivity contribution in [3.63, 3.8) is 0 Å². The highest BCUT2D eigenvalue weighted by atomic mass is 32.1. The van der Waals surface area contributed by atoms with Gasteiger partial charge in [0.15, 0.2) is 0 Å². The number of aromatic nitrogens is 2. The summed E-state index contributed by atoms with van der Waals surface area (Å²) in [5.74, 6) is 2.43. The molecule has 1 aliphatic rings. The van der Waals surface area contributed by atoms with E-state index < -0.39 is 0 Å². The van der Waals surface area contributed by atoms with Crippen LogP contribution in [0.3, 0.4) is 0 Å². The molecule has 5 heteroatoms. The normalized spacial score (nSPS) is 16.4. The van der Waals surface area contributed by atoms with Crippen molar-refractivity contribution < 1.29 is 4.42 Å². The summed E-state index contributed by atoms with van der Waals surface area (Å²) >= 11 is 1.64. The number of hydrogen-bond donors (Lipinski definition) is 0. The minimum Gasteiger partial charge on any atom is -0.420 e. The molecule has 4 rings (SSSR count). The predicted octanol–water partition coefficient (Wildman–Crippen LogP) is 5.30. The highest BCUT2D eigenvalue weighted by Gasteiger charge is 2.25. The molecule has 0 unspecified atom stereocenters. The molecule has 0 bridgehead atoms. The lowest BCUT2D eigenvalue weighted by molar-refractivity contribution is 0.193. The van der Waals surface area contributed by atoms with E-state index in [4.69, 9.17) is 4.42 Å². The van der Waals surface area contributed by atoms with Gasteiger partial charge in [-0.25, -0.2) is 0 Å². The highest BCUT2D eigenvalue weighted by molar-refractivity contribution is 7.13. The summed E-state index contributed by atoms with van der Waals surface area (Å²) in [6.07, 6.45) is 2.16. The number of thiophene rings is 1. The van der Waals surface area contributed by atoms with Gasteiger partial charge in [-0.15, -0.1) is 21.5 Å². The Morgan fingerprint density at radius 1 is 1.12 bits per heavy atom. The first-order valence-corrected chi connectivity index (χ1v) is 10.3. The standard InChI is InChI=1S/C21H25N3OS/c1-15(2)17-7-5-16(6-8-17)14-24-11-9-18(10-12-24)20-22-23-21(25-20)19-4-3-13-26-19/h3-8,13,15,18H,9-12,14H2,1-2H3. The van der Waals surface area contributed by atoms with Gasteiger partial charge in [0.05, 0.1) is 4.88 Å². The third kappa shape index (κ3) is 3.89. The fourth-order valence-corrected chi connectivity index (χ4v) is 4.15. The van der Waals surface area contributed by atoms with Crippen molar-refractivity contribution in [2.24, 2.45) is 0 Å². The molecule has 0 atom stereocenters. The van der Waals surface area contributed by atoms with E-state index in [9.17, 15) is 0 Å². The zero-order valence-corrected chi connectivity index (χ0v) is 16.2. The Kier molecular flexibility index (Phi) is 5.18. The largest absolute Gasteiger partial charge is 0.420 e. The second-order valence-electron chi connectivity index (χ2n) is 7.37. The summed E-state index contributed by atoms with van der Waals surface area (Å²) in [5, 5.41) is 10.6. The van der Waals surface area contributed by atoms with Crippen molar-refractivity contribution in [3.05, 3.63) is 58.8 Å². The van der Waals surface area contributed by atoms with Gasteiger partial charge in [0.25, 0.3) is 5.89 Å². The quantitative estimate of drug-likeness (QED) is 0.613. The molecule has 1 saturated heterocycles. The lowest BCUT2D eigenvalue weighted by Gasteiger charge is -2.30. The van der Waals surface area contributed by atoms with Crippen molar-refractivity contribution in [1.29, 1.82) is 0 Å². The molecule has 0 aliphatic carbocycles. The summed E-state index contributed by atoms with van der Waals surface area (Å²) in [5.41, 5.74) is 2.80. The first-order valence-electron chi connectivity index (χ1n) is 9.37. The number of likely N-dealkylation sites (tertiary alicyclic amines) is 1. The van der Waals surface area contributed by atoms with Crippen LogP contribution in [0.5, 0.6) is 0 Å². The second-order valence-corrected chi connectivity index (χ2v) is 8.32. The Bertz CT molecular complexity index is 815. The van der Waals surface area contributed by atoms with E-state index in [1.54, 1.807) is 11.3 Å². The van der Waals surface area contributed by atoms with E-state index in [1.165, 1.54) is 11.1 Å². The van der Waals surface area contributed by atoms with Crippen molar-refractivity contribution in [2.45, 2.75) is 45.1 Å². The molecule has 2 aromatic heterocycles. The van der Waals surface area contributed by atoms with Crippen LogP contribution in [0.4, 0.5) is 0 Å². The van der Waals surface area contributed by atoms with Gasteiger partial charge in [0.1, 0.15) is 0 Å². The highest BCUT2D eigenvalue weighted by Crippen LogP contribution is 2.31. The molecular formula is C21H25N3OS. The predicted molar refractivity (Wildman–Crippen MR) is 105 cm³/mol. The van der Waals surface area contributed by atoms with Crippen LogP contribution in [0.2, 0.25) is 0 Å². The van der Waals surface area contributed by atoms with Crippen LogP contribution in [-0.2, 0) is 6.54 Å². The maximum atomic E-state index is 5.93. The molecule has 1 fully saturated rings. The monoisotopic (exact) mass is 367 g/mol. The first kappa shape index (κ1) is 17.4. The average Bonchev–Trinajstić information content (AvgIpc) is 3.34. The van der Waals surface area contributed by atoms with Crippen molar-refractivity contribution >= 4 is 11.3 Å². The molecule has 0 amide bonds. The number of rotatable bonds is 5. The number of hydrogen-bond acceptors (Lipinski definition) is 5. The van der Waals surface area contributed by atoms with E-state index >= 15 is 0 Å². The van der Waals surface area contributed by atoms with Gasteiger partial charge in [-0.05, 0) is 54.4 Å². The lowest BCUT2D eigenvalue weighted by atomic mass is 9.96. The average molecular weight is 368 g/mol. The zero-order chi connectivity index (χ0) is 17.9. The Hall–Kier alpha value is -1.98. The first-order chi connectivity index (χ1) is 12.7. The summed E-state index contributed by atoms with van der Waals surface area (Å²) < 4.78 is 5.93. The summed E-state index contributed by atoms with van der Waals surface area (Å²) in [6, 6.07) is 13.1. The second kappa shape index (κ2) is 7.72. The van der Waals surface area contributed by atoms with Crippen LogP contribution in [0.15, 0.2) is 46.2 Å². The molecule has 3 heterocycles. The smallest absolute Gasteiger partial charge is 0.257 e. The van der Waals surface area contributed by atoms with Crippen molar-refractivity contribution in [3.8, 4) is 10.8 Å². The minimum absolute atomic E-state index is 0.385. The van der Waals surface area contributed by atoms with Crippen LogP contribution in [0.25, 0.3) is 10.8 Å². The Balaban J connectivity index is 1.32. The van der Waals surface area contributed by atoms with Gasteiger partial charge in [0, 0.05) is 12.5 Å². The fraction of sp³-hybridized carbons (Fsp3) is 0.429. The summed E-state index contributed by atoms with van der Waals surface area (Å²) in [6.45, 7) is 7.65. The van der Waals surface area contributed by atoms with Crippen LogP contribution in [0.1, 0.15) is 55.5 Å². The van der Waals surface area contributed by atoms with Crippen molar-refractivity contribution in [1.82, 2.24) is 15.1 Å². The van der Waals surface area contributed by atoms with Gasteiger partial charge in [-0.1, -0.05) is 44.2 Å². The van der Waals surface area contributed by atoms with E-state index in [1.807, 2.05) is 17.5 Å². The minimum atomic E-state index is 0.385. The van der Waals surface area contributed by atoms with Gasteiger partial charge in [-0.3, -0.25) is 4.90 Å². The third-order valence-electron chi connectivity index (χ3n) is 5.16. The molecular weight excluding hydrogens is 342 g/mol. The van der Waals surface area contributed by atoms with Crippen molar-refractivity contribution in [2.75, 3.05) is 13.1 Å². The molecule has 3 aromatic rings. The van der Waals surface area contributed by atoms with Gasteiger partial charge in [0.2, 0.25) is 5.89 Å². The lowest BCUT2D eigenvalue weighted by Crippen LogP contribution is -2.32. The Labute approximate surface area is 158 Å². The number of nitrogens with zero attached hydrogens (tertiary/aromatic N) is 3. The third-order valence-corrected chi connectivity index (χ3v) is 6.02. The van der Waals surface area contributed by atoms with E-state index in [0.29, 0.717) is 17.7 Å². The fourth-order valence-electron chi connectivity index (χ4n) is 3.50. The summed E-state index contributed by atoms with van der Waals surface area (Å²) in [4.78, 5) is 3.57. The molecule has 0 radical (unpaired) electrons. The molecule has 0 spiro atoms. The maximum absolute atomic E-state index is 5.93. The van der Waals surface area contributed by atoms with E-state index in [0.717, 1.165) is 43.2 Å². The topological polar surface area (TPSA) is 42.2 Å². The molecule has 0 N–H and O–H groups in total. The maximum Gasteiger partial charge on any atom is 0.257 e. The van der Waals surface area contributed by atoms with Gasteiger partial charge >= 0.3 is 0 Å².